The van der Waals surface area contributed by atoms with Gasteiger partial charge in [0.1, 0.15) is 0 Å². The standard InChI is InChI=1S/C43H40F6/c1-24-21-29-22-33-35(26-11-9-10-12-26)25(2)39(41(6,7)8)38(37(33)32(29)23-34(24)40(3,4)5)36(27-13-17-30(18-14-27)42(44,45)46)28-15-19-31(20-16-28)43(47,48)49/h9-11,13-23H,12H2,1-8H3. The average Bonchev–Trinajstić information content (AvgIpc) is 3.63. The molecule has 2 aliphatic rings. The van der Waals surface area contributed by atoms with Crippen LogP contribution in [0.2, 0.25) is 0 Å². The van der Waals surface area contributed by atoms with Crippen LogP contribution in [0.3, 0.4) is 0 Å². The molecule has 0 bridgehead atoms. The van der Waals surface area contributed by atoms with Gasteiger partial charge < -0.3 is 0 Å². The summed E-state index contributed by atoms with van der Waals surface area (Å²) in [4.78, 5) is 0. The number of aryl methyl sites for hydroxylation is 1. The normalized spacial score (nSPS) is 14.4. The second-order valence-corrected chi connectivity index (χ2v) is 15.3. The van der Waals surface area contributed by atoms with Gasteiger partial charge in [-0.2, -0.15) is 26.3 Å². The molecule has 4 aromatic rings. The zero-order chi connectivity index (χ0) is 35.8. The van der Waals surface area contributed by atoms with Gasteiger partial charge in [-0.05, 0) is 144 Å². The SMILES string of the molecule is Cc1cc2c(cc1C(C)(C)C)=c1c(c(C3=CC=CC3)c(C)c(C(C)(C)C)c1=C(c1ccc(C(F)(F)F)cc1)c1ccc(C(F)(F)F)cc1)C=2. The lowest BCUT2D eigenvalue weighted by Crippen LogP contribution is -2.30. The molecule has 0 spiro atoms. The second-order valence-electron chi connectivity index (χ2n) is 15.3. The minimum atomic E-state index is -4.54. The maximum atomic E-state index is 13.8. The van der Waals surface area contributed by atoms with Crippen LogP contribution in [0.15, 0.2) is 78.9 Å². The van der Waals surface area contributed by atoms with Crippen LogP contribution in [-0.2, 0) is 23.2 Å². The molecule has 0 amide bonds. The maximum absolute atomic E-state index is 13.8. The summed E-state index contributed by atoms with van der Waals surface area (Å²) in [7, 11) is 0. The molecule has 0 saturated carbocycles. The minimum absolute atomic E-state index is 0.173. The summed E-state index contributed by atoms with van der Waals surface area (Å²) >= 11 is 0. The van der Waals surface area contributed by atoms with Gasteiger partial charge in [-0.1, -0.05) is 90.1 Å². The zero-order valence-corrected chi connectivity index (χ0v) is 29.1. The zero-order valence-electron chi connectivity index (χ0n) is 29.1. The van der Waals surface area contributed by atoms with Gasteiger partial charge in [0.05, 0.1) is 11.1 Å². The minimum Gasteiger partial charge on any atom is -0.166 e. The van der Waals surface area contributed by atoms with Crippen LogP contribution < -0.4 is 10.4 Å². The number of hydrogen-bond donors (Lipinski definition) is 0. The molecular formula is C43H40F6. The highest BCUT2D eigenvalue weighted by molar-refractivity contribution is 5.86. The molecule has 6 rings (SSSR count). The number of halogens is 6. The van der Waals surface area contributed by atoms with Crippen molar-refractivity contribution in [2.75, 3.05) is 0 Å². The van der Waals surface area contributed by atoms with Crippen molar-refractivity contribution in [1.29, 1.82) is 0 Å². The first kappa shape index (κ1) is 34.5. The van der Waals surface area contributed by atoms with E-state index in [1.165, 1.54) is 35.4 Å². The lowest BCUT2D eigenvalue weighted by atomic mass is 9.75. The first-order valence-electron chi connectivity index (χ1n) is 16.5. The highest BCUT2D eigenvalue weighted by atomic mass is 19.4. The smallest absolute Gasteiger partial charge is 0.166 e. The Labute approximate surface area is 283 Å². The number of fused-ring (bicyclic) bond motifs is 2. The Morgan fingerprint density at radius 3 is 1.63 bits per heavy atom. The highest BCUT2D eigenvalue weighted by Crippen LogP contribution is 2.39. The molecule has 0 fully saturated rings. The fraction of sp³-hybridized carbons (Fsp3) is 0.302. The number of alkyl halides is 6. The van der Waals surface area contributed by atoms with Crippen LogP contribution in [0.4, 0.5) is 26.3 Å². The van der Waals surface area contributed by atoms with Gasteiger partial charge in [0.15, 0.2) is 0 Å². The van der Waals surface area contributed by atoms with Gasteiger partial charge >= 0.3 is 12.4 Å². The Kier molecular flexibility index (Phi) is 8.20. The number of rotatable bonds is 3. The Morgan fingerprint density at radius 2 is 1.20 bits per heavy atom. The summed E-state index contributed by atoms with van der Waals surface area (Å²) in [5.41, 5.74) is 7.06. The van der Waals surface area contributed by atoms with Crippen molar-refractivity contribution in [1.82, 2.24) is 0 Å². The van der Waals surface area contributed by atoms with Gasteiger partial charge in [0.2, 0.25) is 0 Å². The van der Waals surface area contributed by atoms with E-state index in [4.69, 9.17) is 0 Å². The van der Waals surface area contributed by atoms with Crippen molar-refractivity contribution < 1.29 is 26.3 Å². The third-order valence-electron chi connectivity index (χ3n) is 9.66. The second kappa shape index (κ2) is 11.6. The molecule has 0 heterocycles. The van der Waals surface area contributed by atoms with E-state index in [0.29, 0.717) is 16.7 Å². The summed E-state index contributed by atoms with van der Waals surface area (Å²) < 4.78 is 82.6. The lowest BCUT2D eigenvalue weighted by molar-refractivity contribution is -0.138. The Bertz CT molecular complexity index is 2200. The Hall–Kier alpha value is -4.32. The van der Waals surface area contributed by atoms with Crippen molar-refractivity contribution in [3.8, 4) is 0 Å². The average molecular weight is 671 g/mol. The van der Waals surface area contributed by atoms with Crippen molar-refractivity contribution in [3.05, 3.63) is 155 Å². The van der Waals surface area contributed by atoms with E-state index in [1.54, 1.807) is 0 Å². The van der Waals surface area contributed by atoms with Gasteiger partial charge in [-0.25, -0.2) is 0 Å². The molecule has 0 atom stereocenters. The van der Waals surface area contributed by atoms with E-state index < -0.39 is 28.9 Å². The molecule has 49 heavy (non-hydrogen) atoms. The molecule has 0 aliphatic heterocycles. The number of allylic oxidation sites excluding steroid dienone is 4. The first-order chi connectivity index (χ1) is 22.7. The summed E-state index contributed by atoms with van der Waals surface area (Å²) in [6.07, 6.45) is 0.200. The third-order valence-corrected chi connectivity index (χ3v) is 9.66. The predicted molar refractivity (Wildman–Crippen MR) is 186 cm³/mol. The monoisotopic (exact) mass is 670 g/mol. The van der Waals surface area contributed by atoms with Gasteiger partial charge in [0.25, 0.3) is 0 Å². The number of hydrogen-bond acceptors (Lipinski definition) is 0. The predicted octanol–water partition coefficient (Wildman–Crippen LogP) is 11.0. The Balaban J connectivity index is 1.94. The summed E-state index contributed by atoms with van der Waals surface area (Å²) in [5.74, 6) is 0. The van der Waals surface area contributed by atoms with E-state index in [1.807, 2.05) is 0 Å². The van der Waals surface area contributed by atoms with E-state index in [0.717, 1.165) is 79.4 Å². The fourth-order valence-corrected chi connectivity index (χ4v) is 7.69. The third kappa shape index (κ3) is 6.19. The van der Waals surface area contributed by atoms with Crippen molar-refractivity contribution in [2.45, 2.75) is 85.0 Å². The van der Waals surface area contributed by atoms with E-state index in [-0.39, 0.29) is 5.41 Å². The van der Waals surface area contributed by atoms with E-state index in [2.05, 4.69) is 91.8 Å². The van der Waals surface area contributed by atoms with Crippen LogP contribution >= 0.6 is 0 Å². The molecule has 0 radical (unpaired) electrons. The molecule has 0 N–H and O–H groups in total. The molecule has 0 saturated heterocycles. The molecule has 4 aromatic carbocycles. The largest absolute Gasteiger partial charge is 0.416 e. The molecule has 254 valence electrons. The summed E-state index contributed by atoms with van der Waals surface area (Å²) in [5, 5.41) is 3.83. The molecular weight excluding hydrogens is 630 g/mol. The molecule has 2 aliphatic carbocycles. The van der Waals surface area contributed by atoms with Crippen LogP contribution in [-0.4, -0.2) is 0 Å². The first-order valence-corrected chi connectivity index (χ1v) is 16.5. The molecule has 0 nitrogen and oxygen atoms in total. The van der Waals surface area contributed by atoms with Gasteiger partial charge in [0, 0.05) is 0 Å². The Morgan fingerprint density at radius 1 is 0.673 bits per heavy atom. The van der Waals surface area contributed by atoms with Crippen LogP contribution in [0.25, 0.3) is 17.2 Å². The van der Waals surface area contributed by atoms with Gasteiger partial charge in [-0.15, -0.1) is 0 Å². The maximum Gasteiger partial charge on any atom is 0.416 e. The van der Waals surface area contributed by atoms with Crippen LogP contribution in [0, 0.1) is 24.3 Å². The highest BCUT2D eigenvalue weighted by Gasteiger charge is 2.33. The van der Waals surface area contributed by atoms with E-state index >= 15 is 0 Å². The molecule has 6 heteroatoms. The lowest BCUT2D eigenvalue weighted by Gasteiger charge is -2.28. The topological polar surface area (TPSA) is 0 Å². The summed E-state index contributed by atoms with van der Waals surface area (Å²) in [6.45, 7) is 17.0. The summed E-state index contributed by atoms with van der Waals surface area (Å²) in [6, 6.07) is 14.4. The quantitative estimate of drug-likeness (QED) is 0.168. The van der Waals surface area contributed by atoms with Crippen molar-refractivity contribution in [2.24, 2.45) is 0 Å². The van der Waals surface area contributed by atoms with E-state index in [9.17, 15) is 26.3 Å². The van der Waals surface area contributed by atoms with Crippen LogP contribution in [0.5, 0.6) is 0 Å². The number of benzene rings is 4. The van der Waals surface area contributed by atoms with Crippen molar-refractivity contribution >= 4 is 17.2 Å². The fourth-order valence-electron chi connectivity index (χ4n) is 7.69. The van der Waals surface area contributed by atoms with Crippen LogP contribution in [0.1, 0.15) is 104 Å². The van der Waals surface area contributed by atoms with Gasteiger partial charge in [-0.3, -0.25) is 0 Å². The van der Waals surface area contributed by atoms with Crippen molar-refractivity contribution in [3.63, 3.8) is 0 Å². The molecule has 0 aromatic heterocycles. The molecule has 0 unspecified atom stereocenters.